The van der Waals surface area contributed by atoms with Crippen molar-refractivity contribution in [1.29, 1.82) is 0 Å². The number of rotatable bonds is 4. The van der Waals surface area contributed by atoms with Crippen LogP contribution in [0.25, 0.3) is 0 Å². The Bertz CT molecular complexity index is 323. The fourth-order valence-corrected chi connectivity index (χ4v) is 2.66. The zero-order chi connectivity index (χ0) is 11.4. The molecule has 1 aliphatic rings. The van der Waals surface area contributed by atoms with Crippen LogP contribution < -0.4 is 5.32 Å². The van der Waals surface area contributed by atoms with Gasteiger partial charge in [0.1, 0.15) is 0 Å². The van der Waals surface area contributed by atoms with E-state index in [0.29, 0.717) is 0 Å². The Morgan fingerprint density at radius 3 is 2.94 bits per heavy atom. The average Bonchev–Trinajstić information content (AvgIpc) is 2.68. The molecule has 3 heteroatoms. The van der Waals surface area contributed by atoms with Crippen molar-refractivity contribution in [1.82, 2.24) is 10.3 Å². The van der Waals surface area contributed by atoms with Crippen LogP contribution in [0.1, 0.15) is 31.9 Å². The van der Waals surface area contributed by atoms with Crippen LogP contribution in [0.3, 0.4) is 0 Å². The van der Waals surface area contributed by atoms with Crippen molar-refractivity contribution < 1.29 is 0 Å². The lowest BCUT2D eigenvalue weighted by Gasteiger charge is -2.15. The van der Waals surface area contributed by atoms with Crippen molar-refractivity contribution in [3.8, 4) is 0 Å². The van der Waals surface area contributed by atoms with Crippen LogP contribution in [-0.2, 0) is 6.54 Å². The maximum Gasteiger partial charge on any atom is 0.0542 e. The molecule has 2 atom stereocenters. The second kappa shape index (κ2) is 5.78. The Morgan fingerprint density at radius 1 is 1.44 bits per heavy atom. The van der Waals surface area contributed by atoms with Gasteiger partial charge in [-0.2, -0.15) is 0 Å². The van der Waals surface area contributed by atoms with Crippen molar-refractivity contribution in [2.24, 2.45) is 11.8 Å². The fourth-order valence-electron chi connectivity index (χ4n) is 2.42. The standard InChI is InChI=1S/C13H19BrN2/c1-10-3-2-4-11(10)7-15-9-13-6-5-12(14)8-16-13/h5-6,8,10-11,15H,2-4,7,9H2,1H3. The zero-order valence-electron chi connectivity index (χ0n) is 9.75. The molecule has 16 heavy (non-hydrogen) atoms. The molecule has 0 aromatic carbocycles. The first-order valence-electron chi connectivity index (χ1n) is 6.07. The minimum Gasteiger partial charge on any atom is -0.311 e. The summed E-state index contributed by atoms with van der Waals surface area (Å²) in [5, 5.41) is 3.52. The Labute approximate surface area is 106 Å². The highest BCUT2D eigenvalue weighted by molar-refractivity contribution is 9.10. The van der Waals surface area contributed by atoms with E-state index in [0.717, 1.165) is 35.1 Å². The van der Waals surface area contributed by atoms with Crippen molar-refractivity contribution in [3.05, 3.63) is 28.5 Å². The highest BCUT2D eigenvalue weighted by atomic mass is 79.9. The Kier molecular flexibility index (Phi) is 4.36. The predicted octanol–water partition coefficient (Wildman–Crippen LogP) is 3.37. The van der Waals surface area contributed by atoms with Gasteiger partial charge < -0.3 is 5.32 Å². The molecule has 1 aliphatic carbocycles. The molecule has 0 radical (unpaired) electrons. The van der Waals surface area contributed by atoms with Gasteiger partial charge in [-0.15, -0.1) is 0 Å². The molecule has 0 bridgehead atoms. The summed E-state index contributed by atoms with van der Waals surface area (Å²) in [5.74, 6) is 1.76. The Balaban J connectivity index is 1.73. The first-order valence-corrected chi connectivity index (χ1v) is 6.86. The normalized spacial score (nSPS) is 24.9. The largest absolute Gasteiger partial charge is 0.311 e. The van der Waals surface area contributed by atoms with Gasteiger partial charge in [-0.1, -0.05) is 19.8 Å². The van der Waals surface area contributed by atoms with Gasteiger partial charge >= 0.3 is 0 Å². The molecule has 2 unspecified atom stereocenters. The SMILES string of the molecule is CC1CCCC1CNCc1ccc(Br)cn1. The summed E-state index contributed by atoms with van der Waals surface area (Å²) in [4.78, 5) is 4.35. The van der Waals surface area contributed by atoms with Crippen LogP contribution in [0, 0.1) is 11.8 Å². The fraction of sp³-hybridized carbons (Fsp3) is 0.615. The molecule has 1 aromatic rings. The first kappa shape index (κ1) is 12.1. The van der Waals surface area contributed by atoms with E-state index in [2.05, 4.69) is 39.2 Å². The Hall–Kier alpha value is -0.410. The van der Waals surface area contributed by atoms with Gasteiger partial charge in [-0.3, -0.25) is 4.98 Å². The lowest BCUT2D eigenvalue weighted by molar-refractivity contribution is 0.391. The highest BCUT2D eigenvalue weighted by Gasteiger charge is 2.22. The molecular weight excluding hydrogens is 264 g/mol. The Morgan fingerprint density at radius 2 is 2.31 bits per heavy atom. The second-order valence-corrected chi connectivity index (χ2v) is 5.68. The quantitative estimate of drug-likeness (QED) is 0.916. The maximum absolute atomic E-state index is 4.35. The molecule has 88 valence electrons. The van der Waals surface area contributed by atoms with E-state index in [1.807, 2.05) is 12.3 Å². The third-order valence-electron chi connectivity index (χ3n) is 3.54. The van der Waals surface area contributed by atoms with E-state index in [4.69, 9.17) is 0 Å². The molecule has 0 aliphatic heterocycles. The molecule has 0 saturated heterocycles. The van der Waals surface area contributed by atoms with Gasteiger partial charge in [-0.25, -0.2) is 0 Å². The number of hydrogen-bond donors (Lipinski definition) is 1. The molecule has 1 N–H and O–H groups in total. The summed E-state index contributed by atoms with van der Waals surface area (Å²) in [6, 6.07) is 4.11. The van der Waals surface area contributed by atoms with Crippen LogP contribution >= 0.6 is 15.9 Å². The number of pyridine rings is 1. The van der Waals surface area contributed by atoms with Crippen molar-refractivity contribution in [3.63, 3.8) is 0 Å². The van der Waals surface area contributed by atoms with Gasteiger partial charge in [0.15, 0.2) is 0 Å². The van der Waals surface area contributed by atoms with Crippen molar-refractivity contribution in [2.75, 3.05) is 6.54 Å². The third kappa shape index (κ3) is 3.29. The summed E-state index contributed by atoms with van der Waals surface area (Å²) in [5.41, 5.74) is 1.12. The molecular formula is C13H19BrN2. The van der Waals surface area contributed by atoms with E-state index in [9.17, 15) is 0 Å². The number of halogens is 1. The molecule has 1 heterocycles. The van der Waals surface area contributed by atoms with Crippen LogP contribution in [-0.4, -0.2) is 11.5 Å². The van der Waals surface area contributed by atoms with Crippen LogP contribution in [0.4, 0.5) is 0 Å². The van der Waals surface area contributed by atoms with Gasteiger partial charge in [0.2, 0.25) is 0 Å². The number of hydrogen-bond acceptors (Lipinski definition) is 2. The number of nitrogens with zero attached hydrogens (tertiary/aromatic N) is 1. The van der Waals surface area contributed by atoms with E-state index in [-0.39, 0.29) is 0 Å². The van der Waals surface area contributed by atoms with Gasteiger partial charge in [0, 0.05) is 17.2 Å². The molecule has 2 nitrogen and oxygen atoms in total. The molecule has 2 rings (SSSR count). The summed E-state index contributed by atoms with van der Waals surface area (Å²) in [6.45, 7) is 4.40. The van der Waals surface area contributed by atoms with Gasteiger partial charge in [0.05, 0.1) is 5.69 Å². The number of aromatic nitrogens is 1. The summed E-state index contributed by atoms with van der Waals surface area (Å²) < 4.78 is 1.04. The maximum atomic E-state index is 4.35. The average molecular weight is 283 g/mol. The molecule has 1 fully saturated rings. The van der Waals surface area contributed by atoms with Crippen LogP contribution in [0.5, 0.6) is 0 Å². The van der Waals surface area contributed by atoms with Gasteiger partial charge in [-0.05, 0) is 52.9 Å². The lowest BCUT2D eigenvalue weighted by Crippen LogP contribution is -2.24. The summed E-state index contributed by atoms with van der Waals surface area (Å²) in [7, 11) is 0. The van der Waals surface area contributed by atoms with E-state index < -0.39 is 0 Å². The molecule has 0 spiro atoms. The smallest absolute Gasteiger partial charge is 0.0542 e. The van der Waals surface area contributed by atoms with Crippen molar-refractivity contribution in [2.45, 2.75) is 32.7 Å². The predicted molar refractivity (Wildman–Crippen MR) is 70.1 cm³/mol. The van der Waals surface area contributed by atoms with Gasteiger partial charge in [0.25, 0.3) is 0 Å². The summed E-state index contributed by atoms with van der Waals surface area (Å²) in [6.07, 6.45) is 6.06. The lowest BCUT2D eigenvalue weighted by atomic mass is 9.98. The first-order chi connectivity index (χ1) is 7.75. The highest BCUT2D eigenvalue weighted by Crippen LogP contribution is 2.30. The van der Waals surface area contributed by atoms with Crippen molar-refractivity contribution >= 4 is 15.9 Å². The summed E-state index contributed by atoms with van der Waals surface area (Å²) >= 11 is 3.39. The van der Waals surface area contributed by atoms with Crippen LogP contribution in [0.2, 0.25) is 0 Å². The van der Waals surface area contributed by atoms with E-state index in [1.54, 1.807) is 0 Å². The second-order valence-electron chi connectivity index (χ2n) is 4.77. The van der Waals surface area contributed by atoms with E-state index in [1.165, 1.54) is 19.3 Å². The molecule has 1 saturated carbocycles. The number of nitrogens with one attached hydrogen (secondary N) is 1. The minimum atomic E-state index is 0.871. The third-order valence-corrected chi connectivity index (χ3v) is 4.01. The monoisotopic (exact) mass is 282 g/mol. The van der Waals surface area contributed by atoms with Crippen LogP contribution in [0.15, 0.2) is 22.8 Å². The topological polar surface area (TPSA) is 24.9 Å². The minimum absolute atomic E-state index is 0.871. The zero-order valence-corrected chi connectivity index (χ0v) is 11.3. The van der Waals surface area contributed by atoms with E-state index >= 15 is 0 Å². The molecule has 0 amide bonds. The molecule has 1 aromatic heterocycles.